The molecule has 0 radical (unpaired) electrons. The summed E-state index contributed by atoms with van der Waals surface area (Å²) in [5.74, 6) is -0.760. The van der Waals surface area contributed by atoms with Crippen LogP contribution in [0.1, 0.15) is 21.5 Å². The zero-order chi connectivity index (χ0) is 18.8. The molecule has 4 rings (SSSR count). The summed E-state index contributed by atoms with van der Waals surface area (Å²) in [4.78, 5) is 24.2. The van der Waals surface area contributed by atoms with Crippen LogP contribution in [0.25, 0.3) is 11.3 Å². The predicted octanol–water partition coefficient (Wildman–Crippen LogP) is 3.72. The van der Waals surface area contributed by atoms with Crippen molar-refractivity contribution < 1.29 is 9.59 Å². The molecule has 3 aromatic rings. The summed E-state index contributed by atoms with van der Waals surface area (Å²) in [5.41, 5.74) is 10.0. The second-order valence-electron chi connectivity index (χ2n) is 6.19. The van der Waals surface area contributed by atoms with Crippen LogP contribution in [-0.2, 0) is 4.79 Å². The first-order valence-electron chi connectivity index (χ1n) is 8.51. The number of hydrogen-bond acceptors (Lipinski definition) is 3. The maximum Gasteiger partial charge on any atom is 0.258 e. The molecule has 0 saturated heterocycles. The third-order valence-corrected chi connectivity index (χ3v) is 4.40. The summed E-state index contributed by atoms with van der Waals surface area (Å²) in [6.45, 7) is 0. The molecule has 5 nitrogen and oxygen atoms in total. The van der Waals surface area contributed by atoms with Crippen molar-refractivity contribution in [3.63, 3.8) is 0 Å². The third-order valence-electron chi connectivity index (χ3n) is 4.40. The smallest absolute Gasteiger partial charge is 0.258 e. The van der Waals surface area contributed by atoms with Crippen molar-refractivity contribution in [1.29, 1.82) is 0 Å². The minimum Gasteiger partial charge on any atom is -0.366 e. The second kappa shape index (κ2) is 6.80. The number of rotatable bonds is 4. The fourth-order valence-electron chi connectivity index (χ4n) is 3.12. The van der Waals surface area contributed by atoms with E-state index in [-0.39, 0.29) is 5.91 Å². The quantitative estimate of drug-likeness (QED) is 0.624. The van der Waals surface area contributed by atoms with E-state index in [1.807, 2.05) is 60.7 Å². The average Bonchev–Trinajstić information content (AvgIpc) is 3.02. The lowest BCUT2D eigenvalue weighted by atomic mass is 9.99. The van der Waals surface area contributed by atoms with E-state index in [1.54, 1.807) is 18.2 Å². The van der Waals surface area contributed by atoms with Crippen LogP contribution in [0.5, 0.6) is 0 Å². The number of hydrogen-bond donors (Lipinski definition) is 3. The average molecular weight is 355 g/mol. The maximum atomic E-state index is 12.8. The fraction of sp³-hybridized carbons (Fsp3) is 0. The monoisotopic (exact) mass is 355 g/mol. The Hall–Kier alpha value is -3.86. The first-order chi connectivity index (χ1) is 13.1. The molecule has 0 saturated carbocycles. The number of nitrogens with two attached hydrogens (primary N) is 1. The first kappa shape index (κ1) is 16.6. The molecule has 27 heavy (non-hydrogen) atoms. The molecule has 1 aliphatic rings. The lowest BCUT2D eigenvalue weighted by Crippen LogP contribution is -2.11. The van der Waals surface area contributed by atoms with E-state index in [2.05, 4.69) is 10.6 Å². The normalized spacial score (nSPS) is 14.3. The van der Waals surface area contributed by atoms with Crippen LogP contribution in [0.3, 0.4) is 0 Å². The van der Waals surface area contributed by atoms with Gasteiger partial charge in [0.1, 0.15) is 0 Å². The number of benzene rings is 3. The topological polar surface area (TPSA) is 84.2 Å². The molecule has 0 fully saturated rings. The van der Waals surface area contributed by atoms with Crippen molar-refractivity contribution in [2.45, 2.75) is 0 Å². The summed E-state index contributed by atoms with van der Waals surface area (Å²) in [5, 5.41) is 6.21. The van der Waals surface area contributed by atoms with Crippen LogP contribution in [-0.4, -0.2) is 11.8 Å². The lowest BCUT2D eigenvalue weighted by molar-refractivity contribution is -0.110. The Morgan fingerprint density at radius 1 is 0.852 bits per heavy atom. The molecule has 0 aliphatic carbocycles. The van der Waals surface area contributed by atoms with E-state index < -0.39 is 5.91 Å². The van der Waals surface area contributed by atoms with Crippen molar-refractivity contribution in [3.05, 3.63) is 95.6 Å². The highest BCUT2D eigenvalue weighted by molar-refractivity contribution is 6.37. The van der Waals surface area contributed by atoms with Crippen molar-refractivity contribution in [2.24, 2.45) is 5.73 Å². The van der Waals surface area contributed by atoms with Gasteiger partial charge in [-0.3, -0.25) is 9.59 Å². The number of primary amides is 1. The maximum absolute atomic E-state index is 12.8. The lowest BCUT2D eigenvalue weighted by Gasteiger charge is -2.14. The summed E-state index contributed by atoms with van der Waals surface area (Å²) in [6.07, 6.45) is 0. The SMILES string of the molecule is NC(=O)c1ccc2c(c1)NC(=O)/C2=C(\Nc1ccccc1)c1ccccc1. The molecule has 4 N–H and O–H groups in total. The summed E-state index contributed by atoms with van der Waals surface area (Å²) >= 11 is 0. The van der Waals surface area contributed by atoms with Gasteiger partial charge in [0, 0.05) is 22.5 Å². The number of nitrogens with one attached hydrogen (secondary N) is 2. The Morgan fingerprint density at radius 2 is 1.52 bits per heavy atom. The number of carbonyl (C=O) groups excluding carboxylic acids is 2. The van der Waals surface area contributed by atoms with Gasteiger partial charge < -0.3 is 16.4 Å². The molecule has 3 aromatic carbocycles. The van der Waals surface area contributed by atoms with E-state index in [0.29, 0.717) is 22.5 Å². The van der Waals surface area contributed by atoms with Crippen LogP contribution in [0.2, 0.25) is 0 Å². The van der Waals surface area contributed by atoms with Gasteiger partial charge in [0.2, 0.25) is 5.91 Å². The minimum atomic E-state index is -0.532. The van der Waals surface area contributed by atoms with Gasteiger partial charge in [-0.25, -0.2) is 0 Å². The molecule has 0 aromatic heterocycles. The highest BCUT2D eigenvalue weighted by Crippen LogP contribution is 2.37. The van der Waals surface area contributed by atoms with E-state index in [1.165, 1.54) is 0 Å². The zero-order valence-electron chi connectivity index (χ0n) is 14.4. The van der Waals surface area contributed by atoms with Crippen LogP contribution >= 0.6 is 0 Å². The van der Waals surface area contributed by atoms with Gasteiger partial charge in [-0.1, -0.05) is 54.6 Å². The Kier molecular flexibility index (Phi) is 4.18. The van der Waals surface area contributed by atoms with Crippen molar-refractivity contribution in [3.8, 4) is 0 Å². The molecule has 0 spiro atoms. The molecule has 0 atom stereocenters. The van der Waals surface area contributed by atoms with E-state index in [0.717, 1.165) is 16.8 Å². The first-order valence-corrected chi connectivity index (χ1v) is 8.51. The van der Waals surface area contributed by atoms with Gasteiger partial charge in [-0.05, 0) is 29.8 Å². The van der Waals surface area contributed by atoms with Gasteiger partial charge in [-0.15, -0.1) is 0 Å². The van der Waals surface area contributed by atoms with E-state index >= 15 is 0 Å². The second-order valence-corrected chi connectivity index (χ2v) is 6.19. The Labute approximate surface area is 156 Å². The molecule has 1 heterocycles. The number of anilines is 2. The highest BCUT2D eigenvalue weighted by atomic mass is 16.2. The molecule has 1 aliphatic heterocycles. The summed E-state index contributed by atoms with van der Waals surface area (Å²) in [7, 11) is 0. The predicted molar refractivity (Wildman–Crippen MR) is 107 cm³/mol. The Morgan fingerprint density at radius 3 is 2.19 bits per heavy atom. The van der Waals surface area contributed by atoms with E-state index in [9.17, 15) is 9.59 Å². The number of amides is 2. The van der Waals surface area contributed by atoms with Crippen LogP contribution < -0.4 is 16.4 Å². The highest BCUT2D eigenvalue weighted by Gasteiger charge is 2.29. The summed E-state index contributed by atoms with van der Waals surface area (Å²) in [6, 6.07) is 24.3. The van der Waals surface area contributed by atoms with Gasteiger partial charge in [-0.2, -0.15) is 0 Å². The van der Waals surface area contributed by atoms with Crippen LogP contribution in [0.15, 0.2) is 78.9 Å². The van der Waals surface area contributed by atoms with Crippen molar-refractivity contribution >= 4 is 34.5 Å². The zero-order valence-corrected chi connectivity index (χ0v) is 14.4. The van der Waals surface area contributed by atoms with Crippen molar-refractivity contribution in [1.82, 2.24) is 0 Å². The third kappa shape index (κ3) is 3.18. The standard InChI is InChI=1S/C22H17N3O2/c23-21(26)15-11-12-17-18(13-15)25-22(27)19(17)20(14-7-3-1-4-8-14)24-16-9-5-2-6-10-16/h1-13,24H,(H2,23,26)(H,25,27)/b20-19-. The van der Waals surface area contributed by atoms with Crippen LogP contribution in [0, 0.1) is 0 Å². The Bertz CT molecular complexity index is 1060. The largest absolute Gasteiger partial charge is 0.366 e. The van der Waals surface area contributed by atoms with Crippen molar-refractivity contribution in [2.75, 3.05) is 10.6 Å². The summed E-state index contributed by atoms with van der Waals surface area (Å²) < 4.78 is 0. The van der Waals surface area contributed by atoms with Gasteiger partial charge >= 0.3 is 0 Å². The van der Waals surface area contributed by atoms with Gasteiger partial charge in [0.25, 0.3) is 5.91 Å². The molecular weight excluding hydrogens is 338 g/mol. The number of fused-ring (bicyclic) bond motifs is 1. The fourth-order valence-corrected chi connectivity index (χ4v) is 3.12. The molecule has 132 valence electrons. The molecule has 2 amide bonds. The van der Waals surface area contributed by atoms with Crippen LogP contribution in [0.4, 0.5) is 11.4 Å². The van der Waals surface area contributed by atoms with Gasteiger partial charge in [0.05, 0.1) is 11.3 Å². The molecule has 0 bridgehead atoms. The number of para-hydroxylation sites is 1. The molecule has 5 heteroatoms. The number of carbonyl (C=O) groups is 2. The van der Waals surface area contributed by atoms with E-state index in [4.69, 9.17) is 5.73 Å². The molecule has 0 unspecified atom stereocenters. The Balaban J connectivity index is 1.90. The minimum absolute atomic E-state index is 0.228. The van der Waals surface area contributed by atoms with Gasteiger partial charge in [0.15, 0.2) is 0 Å². The molecular formula is C22H17N3O2.